The number of aryl methyl sites for hydroxylation is 1. The van der Waals surface area contributed by atoms with Gasteiger partial charge in [-0.1, -0.05) is 48.2 Å². The molecule has 0 aliphatic carbocycles. The van der Waals surface area contributed by atoms with Gasteiger partial charge in [-0.05, 0) is 43.2 Å². The van der Waals surface area contributed by atoms with Crippen molar-refractivity contribution < 1.29 is 13.6 Å². The second-order valence-electron chi connectivity index (χ2n) is 6.77. The van der Waals surface area contributed by atoms with Crippen molar-refractivity contribution in [3.8, 4) is 11.3 Å². The minimum Gasteiger partial charge on any atom is -0.316 e. The molecule has 1 amide bonds. The first-order valence-corrected chi connectivity index (χ1v) is 10.3. The molecule has 3 aromatic rings. The summed E-state index contributed by atoms with van der Waals surface area (Å²) in [5.41, 5.74) is 1.78. The van der Waals surface area contributed by atoms with Crippen LogP contribution in [0.5, 0.6) is 0 Å². The van der Waals surface area contributed by atoms with E-state index in [1.165, 1.54) is 30.0 Å². The molecule has 1 aliphatic heterocycles. The molecule has 1 aliphatic rings. The van der Waals surface area contributed by atoms with Gasteiger partial charge in [0.2, 0.25) is 0 Å². The van der Waals surface area contributed by atoms with Crippen molar-refractivity contribution in [2.24, 2.45) is 7.05 Å². The number of benzene rings is 2. The molecule has 0 unspecified atom stereocenters. The second-order valence-corrected chi connectivity index (χ2v) is 7.85. The zero-order chi connectivity index (χ0) is 21.1. The molecule has 2 heterocycles. The van der Waals surface area contributed by atoms with Gasteiger partial charge in [0.15, 0.2) is 0 Å². The fourth-order valence-corrected chi connectivity index (χ4v) is 4.27. The normalized spacial score (nSPS) is 14.0. The van der Waals surface area contributed by atoms with Gasteiger partial charge in [0.1, 0.15) is 11.6 Å². The van der Waals surface area contributed by atoms with E-state index in [-0.39, 0.29) is 11.4 Å². The summed E-state index contributed by atoms with van der Waals surface area (Å²) in [7, 11) is 1.80. The number of halogens is 2. The van der Waals surface area contributed by atoms with Crippen molar-refractivity contribution in [2.45, 2.75) is 12.8 Å². The van der Waals surface area contributed by atoms with E-state index < -0.39 is 11.7 Å². The number of aromatic nitrogens is 2. The summed E-state index contributed by atoms with van der Waals surface area (Å²) in [5, 5.41) is 7.88. The summed E-state index contributed by atoms with van der Waals surface area (Å²) < 4.78 is 29.8. The lowest BCUT2D eigenvalue weighted by Crippen LogP contribution is -2.22. The zero-order valence-corrected chi connectivity index (χ0v) is 17.0. The van der Waals surface area contributed by atoms with Crippen molar-refractivity contribution in [1.29, 1.82) is 0 Å². The third kappa shape index (κ3) is 4.21. The van der Waals surface area contributed by atoms with Gasteiger partial charge in [-0.3, -0.25) is 9.48 Å². The van der Waals surface area contributed by atoms with Crippen LogP contribution in [0, 0.1) is 11.6 Å². The maximum Gasteiger partial charge on any atom is 0.259 e. The van der Waals surface area contributed by atoms with Crippen LogP contribution in [-0.4, -0.2) is 15.7 Å². The Morgan fingerprint density at radius 1 is 1.03 bits per heavy atom. The molecule has 0 fully saturated rings. The molecule has 1 N–H and O–H groups in total. The maximum atomic E-state index is 14.2. The molecule has 0 atom stereocenters. The Bertz CT molecular complexity index is 1170. The lowest BCUT2D eigenvalue weighted by molar-refractivity contribution is 0.0965. The third-order valence-corrected chi connectivity index (χ3v) is 5.77. The number of carbonyl (C=O) groups excluding carboxylic acids is 1. The first-order chi connectivity index (χ1) is 14.5. The SMILES string of the molecule is Cn1nc(-c2ccccc2F)cc1C1=CCCC=C(NC(=O)c2ccccc2F)S1. The first-order valence-electron chi connectivity index (χ1n) is 9.46. The number of nitrogens with zero attached hydrogens (tertiary/aromatic N) is 2. The highest BCUT2D eigenvalue weighted by molar-refractivity contribution is 8.11. The average molecular weight is 423 g/mol. The van der Waals surface area contributed by atoms with Crippen molar-refractivity contribution in [3.63, 3.8) is 0 Å². The molecule has 0 bridgehead atoms. The van der Waals surface area contributed by atoms with Crippen LogP contribution in [0.3, 0.4) is 0 Å². The molecule has 0 radical (unpaired) electrons. The molecule has 7 heteroatoms. The lowest BCUT2D eigenvalue weighted by Gasteiger charge is -2.11. The highest BCUT2D eigenvalue weighted by Gasteiger charge is 2.19. The van der Waals surface area contributed by atoms with Crippen molar-refractivity contribution in [1.82, 2.24) is 15.1 Å². The highest BCUT2D eigenvalue weighted by Crippen LogP contribution is 2.37. The Labute approximate surface area is 177 Å². The summed E-state index contributed by atoms with van der Waals surface area (Å²) in [4.78, 5) is 13.4. The summed E-state index contributed by atoms with van der Waals surface area (Å²) in [6.45, 7) is 0. The molecule has 0 spiro atoms. The van der Waals surface area contributed by atoms with Gasteiger partial charge < -0.3 is 5.32 Å². The zero-order valence-electron chi connectivity index (χ0n) is 16.2. The van der Waals surface area contributed by atoms with Crippen LogP contribution in [-0.2, 0) is 7.05 Å². The summed E-state index contributed by atoms with van der Waals surface area (Å²) in [5.74, 6) is -1.39. The van der Waals surface area contributed by atoms with E-state index in [9.17, 15) is 13.6 Å². The predicted molar refractivity (Wildman–Crippen MR) is 115 cm³/mol. The minimum absolute atomic E-state index is 0.00357. The van der Waals surface area contributed by atoms with Crippen molar-refractivity contribution in [3.05, 3.63) is 94.7 Å². The number of amides is 1. The molecular weight excluding hydrogens is 404 g/mol. The second kappa shape index (κ2) is 8.67. The van der Waals surface area contributed by atoms with Gasteiger partial charge in [0.25, 0.3) is 5.91 Å². The van der Waals surface area contributed by atoms with Crippen LogP contribution in [0.2, 0.25) is 0 Å². The summed E-state index contributed by atoms with van der Waals surface area (Å²) in [6.07, 6.45) is 5.50. The Hall–Kier alpha value is -3.19. The van der Waals surface area contributed by atoms with E-state index in [2.05, 4.69) is 16.5 Å². The van der Waals surface area contributed by atoms with E-state index in [0.29, 0.717) is 16.3 Å². The summed E-state index contributed by atoms with van der Waals surface area (Å²) in [6, 6.07) is 14.2. The molecule has 1 aromatic heterocycles. The van der Waals surface area contributed by atoms with E-state index in [4.69, 9.17) is 0 Å². The molecule has 0 saturated heterocycles. The predicted octanol–water partition coefficient (Wildman–Crippen LogP) is 5.50. The monoisotopic (exact) mass is 423 g/mol. The van der Waals surface area contributed by atoms with Crippen LogP contribution >= 0.6 is 11.8 Å². The molecule has 152 valence electrons. The molecule has 2 aromatic carbocycles. The van der Waals surface area contributed by atoms with E-state index in [1.807, 2.05) is 12.1 Å². The standard InChI is InChI=1S/C23H19F2N3OS/c1-28-20(14-19(27-28)15-8-2-4-10-17(15)24)21-12-6-7-13-22(30-21)26-23(29)16-9-3-5-11-18(16)25/h2-5,8-14H,6-7H2,1H3,(H,26,29). The van der Waals surface area contributed by atoms with Crippen molar-refractivity contribution in [2.75, 3.05) is 0 Å². The van der Waals surface area contributed by atoms with Crippen molar-refractivity contribution >= 4 is 22.6 Å². The average Bonchev–Trinajstić information content (AvgIpc) is 2.96. The Morgan fingerprint density at radius 2 is 1.73 bits per heavy atom. The van der Waals surface area contributed by atoms with E-state index in [0.717, 1.165) is 23.4 Å². The van der Waals surface area contributed by atoms with Gasteiger partial charge in [0.05, 0.1) is 22.0 Å². The Balaban J connectivity index is 1.57. The number of rotatable bonds is 4. The van der Waals surface area contributed by atoms with Gasteiger partial charge in [-0.2, -0.15) is 5.10 Å². The number of nitrogens with one attached hydrogen (secondary N) is 1. The molecular formula is C23H19F2N3OS. The highest BCUT2D eigenvalue weighted by atomic mass is 32.2. The van der Waals surface area contributed by atoms with Gasteiger partial charge in [-0.25, -0.2) is 8.78 Å². The largest absolute Gasteiger partial charge is 0.316 e. The fourth-order valence-electron chi connectivity index (χ4n) is 3.19. The van der Waals surface area contributed by atoms with Gasteiger partial charge >= 0.3 is 0 Å². The maximum absolute atomic E-state index is 14.2. The quantitative estimate of drug-likeness (QED) is 0.602. The summed E-state index contributed by atoms with van der Waals surface area (Å²) >= 11 is 1.37. The van der Waals surface area contributed by atoms with E-state index >= 15 is 0 Å². The Morgan fingerprint density at radius 3 is 2.50 bits per heavy atom. The van der Waals surface area contributed by atoms with Gasteiger partial charge in [0, 0.05) is 17.5 Å². The smallest absolute Gasteiger partial charge is 0.259 e. The first kappa shape index (κ1) is 20.1. The number of hydrogen-bond acceptors (Lipinski definition) is 3. The van der Waals surface area contributed by atoms with Crippen LogP contribution in [0.4, 0.5) is 8.78 Å². The number of allylic oxidation sites excluding steroid dienone is 2. The van der Waals surface area contributed by atoms with Crippen LogP contribution < -0.4 is 5.32 Å². The number of hydrogen-bond donors (Lipinski definition) is 1. The fraction of sp³-hybridized carbons (Fsp3) is 0.130. The number of carbonyl (C=O) groups is 1. The lowest BCUT2D eigenvalue weighted by atomic mass is 10.1. The third-order valence-electron chi connectivity index (χ3n) is 4.68. The molecule has 4 rings (SSSR count). The molecule has 4 nitrogen and oxygen atoms in total. The van der Waals surface area contributed by atoms with Crippen LogP contribution in [0.25, 0.3) is 16.2 Å². The Kier molecular flexibility index (Phi) is 5.81. The van der Waals surface area contributed by atoms with E-state index in [1.54, 1.807) is 42.1 Å². The minimum atomic E-state index is -0.564. The number of thioether (sulfide) groups is 1. The van der Waals surface area contributed by atoms with Crippen LogP contribution in [0.15, 0.2) is 71.8 Å². The molecule has 0 saturated carbocycles. The topological polar surface area (TPSA) is 46.9 Å². The van der Waals surface area contributed by atoms with Gasteiger partial charge in [-0.15, -0.1) is 0 Å². The van der Waals surface area contributed by atoms with Crippen LogP contribution in [0.1, 0.15) is 28.9 Å². The molecule has 30 heavy (non-hydrogen) atoms.